The largest absolute Gasteiger partial charge is 0.296 e. The fraction of sp³-hybridized carbons (Fsp3) is 0.400. The second kappa shape index (κ2) is 7.04. The number of anilines is 1. The molecule has 0 aliphatic rings. The summed E-state index contributed by atoms with van der Waals surface area (Å²) < 4.78 is 0. The van der Waals surface area contributed by atoms with Gasteiger partial charge in [-0.15, -0.1) is 22.0 Å². The molecule has 0 bridgehead atoms. The van der Waals surface area contributed by atoms with Crippen molar-refractivity contribution in [1.29, 1.82) is 0 Å². The molecule has 0 saturated carbocycles. The van der Waals surface area contributed by atoms with Crippen molar-refractivity contribution in [1.82, 2.24) is 10.2 Å². The van der Waals surface area contributed by atoms with Crippen LogP contribution in [0, 0.1) is 12.8 Å². The first-order valence-electron chi connectivity index (χ1n) is 6.78. The van der Waals surface area contributed by atoms with Crippen molar-refractivity contribution < 1.29 is 4.79 Å². The summed E-state index contributed by atoms with van der Waals surface area (Å²) >= 11 is 3.06. The van der Waals surface area contributed by atoms with E-state index >= 15 is 0 Å². The van der Waals surface area contributed by atoms with E-state index in [2.05, 4.69) is 29.4 Å². The van der Waals surface area contributed by atoms with Crippen molar-refractivity contribution in [3.63, 3.8) is 0 Å². The summed E-state index contributed by atoms with van der Waals surface area (Å²) in [5.74, 6) is 0.401. The summed E-state index contributed by atoms with van der Waals surface area (Å²) in [7, 11) is 0. The van der Waals surface area contributed by atoms with Crippen LogP contribution in [-0.2, 0) is 6.42 Å². The minimum Gasteiger partial charge on any atom is -0.296 e. The molecule has 1 aromatic carbocycles. The Labute approximate surface area is 133 Å². The molecular weight excluding hydrogens is 302 g/mol. The molecule has 0 saturated heterocycles. The molecule has 0 spiro atoms. The highest BCUT2D eigenvalue weighted by Gasteiger charge is 2.13. The number of aromatic nitrogens is 2. The fourth-order valence-electron chi connectivity index (χ4n) is 1.87. The Morgan fingerprint density at radius 1 is 1.38 bits per heavy atom. The molecule has 0 atom stereocenters. The number of thioether (sulfide) groups is 1. The molecule has 21 heavy (non-hydrogen) atoms. The topological polar surface area (TPSA) is 54.9 Å². The van der Waals surface area contributed by atoms with Crippen LogP contribution in [0.3, 0.4) is 0 Å². The van der Waals surface area contributed by atoms with Crippen LogP contribution >= 0.6 is 23.1 Å². The van der Waals surface area contributed by atoms with E-state index in [4.69, 9.17) is 0 Å². The zero-order valence-electron chi connectivity index (χ0n) is 12.6. The van der Waals surface area contributed by atoms with E-state index in [0.29, 0.717) is 16.6 Å². The lowest BCUT2D eigenvalue weighted by Crippen LogP contribution is -2.13. The van der Waals surface area contributed by atoms with Crippen LogP contribution in [0.15, 0.2) is 23.1 Å². The van der Waals surface area contributed by atoms with Crippen LogP contribution in [0.25, 0.3) is 0 Å². The quantitative estimate of drug-likeness (QED) is 0.845. The number of nitrogens with one attached hydrogen (secondary N) is 1. The van der Waals surface area contributed by atoms with Gasteiger partial charge in [0.2, 0.25) is 5.13 Å². The number of benzene rings is 1. The van der Waals surface area contributed by atoms with Gasteiger partial charge in [0.15, 0.2) is 0 Å². The molecule has 112 valence electrons. The second-order valence-electron chi connectivity index (χ2n) is 5.23. The highest BCUT2D eigenvalue weighted by Crippen LogP contribution is 2.22. The van der Waals surface area contributed by atoms with Crippen LogP contribution in [-0.4, -0.2) is 22.4 Å². The Balaban J connectivity index is 2.12. The molecule has 0 fully saturated rings. The number of aryl methyl sites for hydroxylation is 1. The highest BCUT2D eigenvalue weighted by atomic mass is 32.2. The van der Waals surface area contributed by atoms with Crippen molar-refractivity contribution >= 4 is 34.1 Å². The van der Waals surface area contributed by atoms with Crippen molar-refractivity contribution in [3.05, 3.63) is 34.3 Å². The first-order chi connectivity index (χ1) is 9.99. The monoisotopic (exact) mass is 321 g/mol. The van der Waals surface area contributed by atoms with Gasteiger partial charge in [0.1, 0.15) is 5.01 Å². The third-order valence-corrected chi connectivity index (χ3v) is 4.55. The van der Waals surface area contributed by atoms with Crippen molar-refractivity contribution in [2.75, 3.05) is 11.6 Å². The van der Waals surface area contributed by atoms with E-state index in [1.165, 1.54) is 11.3 Å². The SMILES string of the molecule is CSc1ccc(C)c(C(=O)Nc2nnc(CC(C)C)s2)c1. The van der Waals surface area contributed by atoms with Gasteiger partial charge in [-0.2, -0.15) is 0 Å². The molecule has 1 aromatic heterocycles. The summed E-state index contributed by atoms with van der Waals surface area (Å²) in [6.07, 6.45) is 2.88. The van der Waals surface area contributed by atoms with E-state index in [-0.39, 0.29) is 5.91 Å². The van der Waals surface area contributed by atoms with Crippen molar-refractivity contribution in [2.24, 2.45) is 5.92 Å². The Bertz CT molecular complexity index is 638. The van der Waals surface area contributed by atoms with E-state index in [1.807, 2.05) is 31.4 Å². The molecule has 2 aromatic rings. The Kier molecular flexibility index (Phi) is 5.36. The third kappa shape index (κ3) is 4.28. The summed E-state index contributed by atoms with van der Waals surface area (Å²) in [4.78, 5) is 13.4. The number of hydrogen-bond donors (Lipinski definition) is 1. The van der Waals surface area contributed by atoms with Crippen LogP contribution in [0.2, 0.25) is 0 Å². The summed E-state index contributed by atoms with van der Waals surface area (Å²) in [5, 5.41) is 12.5. The fourth-order valence-corrected chi connectivity index (χ4v) is 3.26. The molecule has 0 aliphatic heterocycles. The van der Waals surface area contributed by atoms with Crippen molar-refractivity contribution in [3.8, 4) is 0 Å². The van der Waals surface area contributed by atoms with E-state index in [1.54, 1.807) is 11.8 Å². The average Bonchev–Trinajstić information content (AvgIpc) is 2.85. The highest BCUT2D eigenvalue weighted by molar-refractivity contribution is 7.98. The lowest BCUT2D eigenvalue weighted by atomic mass is 10.1. The molecule has 4 nitrogen and oxygen atoms in total. The number of nitrogens with zero attached hydrogens (tertiary/aromatic N) is 2. The summed E-state index contributed by atoms with van der Waals surface area (Å²) in [6.45, 7) is 6.21. The number of rotatable bonds is 5. The van der Waals surface area contributed by atoms with Crippen LogP contribution in [0.1, 0.15) is 34.8 Å². The standard InChI is InChI=1S/C15H19N3OS2/c1-9(2)7-13-17-18-15(21-13)16-14(19)12-8-11(20-4)6-5-10(12)3/h5-6,8-9H,7H2,1-4H3,(H,16,18,19). The van der Waals surface area contributed by atoms with Gasteiger partial charge in [-0.05, 0) is 36.8 Å². The van der Waals surface area contributed by atoms with Gasteiger partial charge in [-0.3, -0.25) is 10.1 Å². The molecule has 1 amide bonds. The summed E-state index contributed by atoms with van der Waals surface area (Å²) in [6, 6.07) is 5.89. The summed E-state index contributed by atoms with van der Waals surface area (Å²) in [5.41, 5.74) is 1.64. The van der Waals surface area contributed by atoms with Gasteiger partial charge in [0.25, 0.3) is 5.91 Å². The molecule has 0 radical (unpaired) electrons. The maximum atomic E-state index is 12.4. The van der Waals surface area contributed by atoms with E-state index in [9.17, 15) is 4.79 Å². The van der Waals surface area contributed by atoms with E-state index in [0.717, 1.165) is 21.9 Å². The second-order valence-corrected chi connectivity index (χ2v) is 7.18. The first-order valence-corrected chi connectivity index (χ1v) is 8.82. The smallest absolute Gasteiger partial charge is 0.257 e. The van der Waals surface area contributed by atoms with Crippen LogP contribution in [0.5, 0.6) is 0 Å². The number of carbonyl (C=O) groups excluding carboxylic acids is 1. The minimum absolute atomic E-state index is 0.129. The van der Waals surface area contributed by atoms with Gasteiger partial charge in [-0.1, -0.05) is 31.3 Å². The molecule has 6 heteroatoms. The van der Waals surface area contributed by atoms with Gasteiger partial charge in [-0.25, -0.2) is 0 Å². The third-order valence-electron chi connectivity index (χ3n) is 2.96. The lowest BCUT2D eigenvalue weighted by molar-refractivity contribution is 0.102. The van der Waals surface area contributed by atoms with Crippen molar-refractivity contribution in [2.45, 2.75) is 32.1 Å². The predicted octanol–water partition coefficient (Wildman–Crippen LogP) is 4.02. The van der Waals surface area contributed by atoms with Crippen LogP contribution < -0.4 is 5.32 Å². The van der Waals surface area contributed by atoms with Crippen LogP contribution in [0.4, 0.5) is 5.13 Å². The number of hydrogen-bond acceptors (Lipinski definition) is 5. The Morgan fingerprint density at radius 2 is 2.14 bits per heavy atom. The molecular formula is C15H19N3OS2. The lowest BCUT2D eigenvalue weighted by Gasteiger charge is -2.06. The molecule has 0 unspecified atom stereocenters. The number of carbonyl (C=O) groups is 1. The predicted molar refractivity (Wildman–Crippen MR) is 89.4 cm³/mol. The van der Waals surface area contributed by atoms with Gasteiger partial charge < -0.3 is 0 Å². The average molecular weight is 321 g/mol. The maximum absolute atomic E-state index is 12.4. The zero-order chi connectivity index (χ0) is 15.4. The molecule has 1 heterocycles. The molecule has 2 rings (SSSR count). The molecule has 1 N–H and O–H groups in total. The van der Waals surface area contributed by atoms with Gasteiger partial charge in [0.05, 0.1) is 0 Å². The minimum atomic E-state index is -0.129. The van der Waals surface area contributed by atoms with Gasteiger partial charge in [0, 0.05) is 16.9 Å². The van der Waals surface area contributed by atoms with E-state index < -0.39 is 0 Å². The zero-order valence-corrected chi connectivity index (χ0v) is 14.3. The first kappa shape index (κ1) is 16.0. The number of amides is 1. The Hall–Kier alpha value is -1.40. The van der Waals surface area contributed by atoms with Gasteiger partial charge >= 0.3 is 0 Å². The Morgan fingerprint density at radius 3 is 2.81 bits per heavy atom. The molecule has 0 aliphatic carbocycles. The normalized spacial score (nSPS) is 10.9. The maximum Gasteiger partial charge on any atom is 0.257 e.